The fourth-order valence-corrected chi connectivity index (χ4v) is 4.55. The summed E-state index contributed by atoms with van der Waals surface area (Å²) in [5, 5.41) is 0. The molecule has 1 saturated carbocycles. The van der Waals surface area contributed by atoms with Gasteiger partial charge in [0.1, 0.15) is 17.2 Å². The lowest BCUT2D eigenvalue weighted by atomic mass is 9.78. The summed E-state index contributed by atoms with van der Waals surface area (Å²) in [6.45, 7) is 3.02. The Morgan fingerprint density at radius 3 is 1.94 bits per heavy atom. The van der Waals surface area contributed by atoms with E-state index in [0.717, 1.165) is 30.6 Å². The summed E-state index contributed by atoms with van der Waals surface area (Å²) in [7, 11) is 1.59. The van der Waals surface area contributed by atoms with E-state index in [0.29, 0.717) is 17.1 Å². The van der Waals surface area contributed by atoms with Gasteiger partial charge in [0.25, 0.3) is 0 Å². The van der Waals surface area contributed by atoms with Crippen LogP contribution in [0.5, 0.6) is 17.2 Å². The molecule has 0 radical (unpaired) electrons. The Labute approximate surface area is 193 Å². The van der Waals surface area contributed by atoms with E-state index >= 15 is 0 Å². The molecule has 4 nitrogen and oxygen atoms in total. The summed E-state index contributed by atoms with van der Waals surface area (Å²) >= 11 is 0. The molecule has 0 aliphatic heterocycles. The Morgan fingerprint density at radius 1 is 0.781 bits per heavy atom. The van der Waals surface area contributed by atoms with E-state index in [-0.39, 0.29) is 5.97 Å². The van der Waals surface area contributed by atoms with Gasteiger partial charge in [0.05, 0.1) is 19.3 Å². The lowest BCUT2D eigenvalue weighted by Crippen LogP contribution is -2.15. The maximum absolute atomic E-state index is 12.3. The fourth-order valence-electron chi connectivity index (χ4n) is 4.55. The van der Waals surface area contributed by atoms with Crippen LogP contribution >= 0.6 is 0 Å². The van der Waals surface area contributed by atoms with Gasteiger partial charge in [-0.25, -0.2) is 4.79 Å². The second-order valence-electron chi connectivity index (χ2n) is 8.96. The number of carbonyl (C=O) groups is 1. The topological polar surface area (TPSA) is 44.8 Å². The van der Waals surface area contributed by atoms with Crippen molar-refractivity contribution >= 4 is 5.97 Å². The van der Waals surface area contributed by atoms with Crippen LogP contribution in [0.15, 0.2) is 48.5 Å². The summed E-state index contributed by atoms with van der Waals surface area (Å²) in [6.07, 6.45) is 13.6. The van der Waals surface area contributed by atoms with Gasteiger partial charge in [-0.05, 0) is 73.2 Å². The minimum Gasteiger partial charge on any atom is -0.497 e. The highest BCUT2D eigenvalue weighted by atomic mass is 16.5. The van der Waals surface area contributed by atoms with E-state index in [1.54, 1.807) is 43.5 Å². The van der Waals surface area contributed by atoms with Crippen molar-refractivity contribution in [2.45, 2.75) is 71.1 Å². The van der Waals surface area contributed by atoms with Crippen molar-refractivity contribution in [3.8, 4) is 17.2 Å². The predicted molar refractivity (Wildman–Crippen MR) is 129 cm³/mol. The number of methoxy groups -OCH3 is 1. The van der Waals surface area contributed by atoms with E-state index < -0.39 is 0 Å². The highest BCUT2D eigenvalue weighted by Crippen LogP contribution is 2.34. The maximum atomic E-state index is 12.3. The average molecular weight is 439 g/mol. The Bertz CT molecular complexity index is 789. The lowest BCUT2D eigenvalue weighted by molar-refractivity contribution is 0.0734. The van der Waals surface area contributed by atoms with Gasteiger partial charge in [-0.3, -0.25) is 0 Å². The number of hydrogen-bond acceptors (Lipinski definition) is 4. The van der Waals surface area contributed by atoms with Crippen LogP contribution in [0.4, 0.5) is 0 Å². The highest BCUT2D eigenvalue weighted by molar-refractivity contribution is 5.91. The molecule has 2 aromatic rings. The normalized spacial score (nSPS) is 18.2. The monoisotopic (exact) mass is 438 g/mol. The van der Waals surface area contributed by atoms with Gasteiger partial charge in [-0.2, -0.15) is 0 Å². The van der Waals surface area contributed by atoms with Crippen molar-refractivity contribution in [1.82, 2.24) is 0 Å². The van der Waals surface area contributed by atoms with Crippen molar-refractivity contribution in [3.63, 3.8) is 0 Å². The minimum atomic E-state index is -0.388. The Kier molecular flexibility index (Phi) is 9.93. The van der Waals surface area contributed by atoms with Crippen LogP contribution in [0.1, 0.15) is 81.5 Å². The van der Waals surface area contributed by atoms with Gasteiger partial charge in [0, 0.05) is 0 Å². The zero-order valence-electron chi connectivity index (χ0n) is 19.7. The molecule has 0 atom stereocenters. The predicted octanol–water partition coefficient (Wildman–Crippen LogP) is 7.46. The number of esters is 1. The van der Waals surface area contributed by atoms with Gasteiger partial charge in [-0.15, -0.1) is 0 Å². The molecule has 4 heteroatoms. The third-order valence-corrected chi connectivity index (χ3v) is 6.57. The van der Waals surface area contributed by atoms with Gasteiger partial charge in [0.15, 0.2) is 0 Å². The molecule has 2 aromatic carbocycles. The standard InChI is InChI=1S/C28H38O4/c1-3-4-5-7-22-9-11-23(12-10-22)8-6-21-31-26-17-19-27(20-18-26)32-28(29)24-13-15-25(30-2)16-14-24/h13-20,22-23H,3-12,21H2,1-2H3. The first-order valence-electron chi connectivity index (χ1n) is 12.3. The first-order chi connectivity index (χ1) is 15.7. The average Bonchev–Trinajstić information content (AvgIpc) is 2.84. The zero-order chi connectivity index (χ0) is 22.6. The quantitative estimate of drug-likeness (QED) is 0.196. The molecule has 1 aliphatic carbocycles. The van der Waals surface area contributed by atoms with Crippen LogP contribution in [0, 0.1) is 11.8 Å². The third-order valence-electron chi connectivity index (χ3n) is 6.57. The van der Waals surface area contributed by atoms with Crippen molar-refractivity contribution in [2.75, 3.05) is 13.7 Å². The van der Waals surface area contributed by atoms with E-state index in [2.05, 4.69) is 6.92 Å². The number of benzene rings is 2. The van der Waals surface area contributed by atoms with Crippen molar-refractivity contribution in [2.24, 2.45) is 11.8 Å². The molecule has 0 heterocycles. The van der Waals surface area contributed by atoms with Crippen LogP contribution in [-0.2, 0) is 0 Å². The molecule has 0 spiro atoms. The van der Waals surface area contributed by atoms with Gasteiger partial charge in [-0.1, -0.05) is 58.3 Å². The van der Waals surface area contributed by atoms with Crippen LogP contribution in [0.25, 0.3) is 0 Å². The summed E-state index contributed by atoms with van der Waals surface area (Å²) in [6, 6.07) is 14.1. The largest absolute Gasteiger partial charge is 0.497 e. The summed E-state index contributed by atoms with van der Waals surface area (Å²) in [4.78, 5) is 12.3. The smallest absolute Gasteiger partial charge is 0.343 e. The SMILES string of the molecule is CCCCCC1CCC(CCCOc2ccc(OC(=O)c3ccc(OC)cc3)cc2)CC1. The van der Waals surface area contributed by atoms with Gasteiger partial charge >= 0.3 is 5.97 Å². The second kappa shape index (κ2) is 13.1. The molecule has 3 rings (SSSR count). The number of ether oxygens (including phenoxy) is 3. The Balaban J connectivity index is 1.31. The van der Waals surface area contributed by atoms with Crippen LogP contribution in [0.2, 0.25) is 0 Å². The molecule has 0 bridgehead atoms. The highest BCUT2D eigenvalue weighted by Gasteiger charge is 2.20. The van der Waals surface area contributed by atoms with Crippen LogP contribution in [0.3, 0.4) is 0 Å². The van der Waals surface area contributed by atoms with E-state index in [4.69, 9.17) is 14.2 Å². The molecule has 0 saturated heterocycles. The lowest BCUT2D eigenvalue weighted by Gasteiger charge is -2.28. The van der Waals surface area contributed by atoms with Crippen molar-refractivity contribution in [1.29, 1.82) is 0 Å². The summed E-state index contributed by atoms with van der Waals surface area (Å²) < 4.78 is 16.4. The summed E-state index contributed by atoms with van der Waals surface area (Å²) in [5.74, 6) is 3.49. The third kappa shape index (κ3) is 7.89. The molecule has 0 aromatic heterocycles. The van der Waals surface area contributed by atoms with E-state index in [9.17, 15) is 4.79 Å². The van der Waals surface area contributed by atoms with E-state index in [1.165, 1.54) is 57.8 Å². The molecule has 0 amide bonds. The molecular formula is C28H38O4. The first kappa shape index (κ1) is 24.2. The molecule has 1 aliphatic rings. The van der Waals surface area contributed by atoms with Crippen molar-refractivity contribution in [3.05, 3.63) is 54.1 Å². The Morgan fingerprint density at radius 2 is 1.34 bits per heavy atom. The first-order valence-corrected chi connectivity index (χ1v) is 12.3. The molecule has 0 unspecified atom stereocenters. The fraction of sp³-hybridized carbons (Fsp3) is 0.536. The second-order valence-corrected chi connectivity index (χ2v) is 8.96. The number of unbranched alkanes of at least 4 members (excludes halogenated alkanes) is 2. The van der Waals surface area contributed by atoms with Crippen LogP contribution in [-0.4, -0.2) is 19.7 Å². The molecule has 1 fully saturated rings. The Hall–Kier alpha value is -2.49. The maximum Gasteiger partial charge on any atom is 0.343 e. The zero-order valence-corrected chi connectivity index (χ0v) is 19.7. The van der Waals surface area contributed by atoms with Crippen LogP contribution < -0.4 is 14.2 Å². The number of rotatable bonds is 12. The molecule has 0 N–H and O–H groups in total. The van der Waals surface area contributed by atoms with Crippen molar-refractivity contribution < 1.29 is 19.0 Å². The molecule has 174 valence electrons. The minimum absolute atomic E-state index is 0.388. The summed E-state index contributed by atoms with van der Waals surface area (Å²) in [5.41, 5.74) is 0.487. The number of carbonyl (C=O) groups excluding carboxylic acids is 1. The molecule has 32 heavy (non-hydrogen) atoms. The van der Waals surface area contributed by atoms with E-state index in [1.807, 2.05) is 12.1 Å². The van der Waals surface area contributed by atoms with Gasteiger partial charge < -0.3 is 14.2 Å². The molecular weight excluding hydrogens is 400 g/mol. The number of hydrogen-bond donors (Lipinski definition) is 0. The van der Waals surface area contributed by atoms with Gasteiger partial charge in [0.2, 0.25) is 0 Å².